The fourth-order valence-electron chi connectivity index (χ4n) is 2.00. The highest BCUT2D eigenvalue weighted by molar-refractivity contribution is 5.16. The van der Waals surface area contributed by atoms with Gasteiger partial charge in [-0.25, -0.2) is 4.98 Å². The van der Waals surface area contributed by atoms with Crippen molar-refractivity contribution in [3.05, 3.63) is 17.7 Å². The van der Waals surface area contributed by atoms with Crippen molar-refractivity contribution in [3.8, 4) is 0 Å². The Morgan fingerprint density at radius 1 is 1.54 bits per heavy atom. The lowest BCUT2D eigenvalue weighted by Gasteiger charge is -2.15. The molecule has 3 heteroatoms. The van der Waals surface area contributed by atoms with Gasteiger partial charge in [-0.3, -0.25) is 0 Å². The second-order valence-corrected chi connectivity index (χ2v) is 3.97. The number of nitrogens with zero attached hydrogens (tertiary/aromatic N) is 2. The Morgan fingerprint density at radius 3 is 3.08 bits per heavy atom. The van der Waals surface area contributed by atoms with Gasteiger partial charge in [-0.05, 0) is 32.6 Å². The Hall–Kier alpha value is -0.830. The molecule has 0 saturated carbocycles. The summed E-state index contributed by atoms with van der Waals surface area (Å²) in [5.74, 6) is 0. The minimum Gasteiger partial charge on any atom is -0.333 e. The fourth-order valence-corrected chi connectivity index (χ4v) is 2.00. The molecule has 0 amide bonds. The smallest absolute Gasteiger partial charge is 0.0952 e. The molecule has 1 aromatic rings. The standard InChI is InChI=1S/C10H17N3/c1-8(11)6-13-7-12-9-4-2-3-5-10(9)13/h7-8H,2-6,11H2,1H3/t8-/m0/s1. The van der Waals surface area contributed by atoms with Crippen LogP contribution in [-0.2, 0) is 19.4 Å². The van der Waals surface area contributed by atoms with Crippen molar-refractivity contribution in [2.45, 2.75) is 45.2 Å². The van der Waals surface area contributed by atoms with Crippen molar-refractivity contribution in [2.24, 2.45) is 5.73 Å². The Bertz CT molecular complexity index is 288. The van der Waals surface area contributed by atoms with Crippen molar-refractivity contribution >= 4 is 0 Å². The van der Waals surface area contributed by atoms with E-state index in [0.717, 1.165) is 13.0 Å². The predicted molar refractivity (Wildman–Crippen MR) is 52.5 cm³/mol. The summed E-state index contributed by atoms with van der Waals surface area (Å²) in [6, 6.07) is 0.222. The van der Waals surface area contributed by atoms with Crippen LogP contribution in [0.2, 0.25) is 0 Å². The highest BCUT2D eigenvalue weighted by Crippen LogP contribution is 2.19. The molecule has 0 aromatic carbocycles. The van der Waals surface area contributed by atoms with Crippen LogP contribution in [0.15, 0.2) is 6.33 Å². The molecule has 2 rings (SSSR count). The third kappa shape index (κ3) is 1.75. The van der Waals surface area contributed by atoms with E-state index in [1.54, 1.807) is 0 Å². The molecular weight excluding hydrogens is 162 g/mol. The molecule has 1 aliphatic rings. The molecule has 1 aromatic heterocycles. The third-order valence-electron chi connectivity index (χ3n) is 2.59. The van der Waals surface area contributed by atoms with Crippen LogP contribution in [0.5, 0.6) is 0 Å². The average molecular weight is 179 g/mol. The predicted octanol–water partition coefficient (Wildman–Crippen LogP) is 1.11. The van der Waals surface area contributed by atoms with Crippen LogP contribution in [0.4, 0.5) is 0 Å². The number of imidazole rings is 1. The van der Waals surface area contributed by atoms with Crippen LogP contribution in [0.1, 0.15) is 31.2 Å². The van der Waals surface area contributed by atoms with E-state index in [1.807, 2.05) is 13.3 Å². The first kappa shape index (κ1) is 8.75. The van der Waals surface area contributed by atoms with Gasteiger partial charge in [-0.15, -0.1) is 0 Å². The Balaban J connectivity index is 2.21. The highest BCUT2D eigenvalue weighted by Gasteiger charge is 2.15. The maximum absolute atomic E-state index is 5.77. The van der Waals surface area contributed by atoms with Crippen LogP contribution in [0.25, 0.3) is 0 Å². The lowest BCUT2D eigenvalue weighted by Crippen LogP contribution is -2.23. The first-order valence-corrected chi connectivity index (χ1v) is 5.06. The van der Waals surface area contributed by atoms with E-state index in [0.29, 0.717) is 0 Å². The molecule has 1 heterocycles. The molecule has 0 radical (unpaired) electrons. The van der Waals surface area contributed by atoms with Crippen LogP contribution in [0.3, 0.4) is 0 Å². The van der Waals surface area contributed by atoms with E-state index in [4.69, 9.17) is 5.73 Å². The summed E-state index contributed by atoms with van der Waals surface area (Å²) in [6.07, 6.45) is 6.88. The zero-order valence-electron chi connectivity index (χ0n) is 8.16. The molecule has 0 aliphatic heterocycles. The van der Waals surface area contributed by atoms with Gasteiger partial charge in [0.2, 0.25) is 0 Å². The largest absolute Gasteiger partial charge is 0.333 e. The minimum absolute atomic E-state index is 0.222. The summed E-state index contributed by atoms with van der Waals surface area (Å²) in [4.78, 5) is 4.42. The molecule has 2 N–H and O–H groups in total. The Labute approximate surface area is 79.0 Å². The van der Waals surface area contributed by atoms with Crippen LogP contribution >= 0.6 is 0 Å². The van der Waals surface area contributed by atoms with Crippen molar-refractivity contribution < 1.29 is 0 Å². The normalized spacial score (nSPS) is 18.3. The monoisotopic (exact) mass is 179 g/mol. The molecule has 1 atom stereocenters. The van der Waals surface area contributed by atoms with E-state index in [2.05, 4.69) is 9.55 Å². The van der Waals surface area contributed by atoms with Crippen LogP contribution in [-0.4, -0.2) is 15.6 Å². The molecule has 13 heavy (non-hydrogen) atoms. The molecule has 1 aliphatic carbocycles. The maximum Gasteiger partial charge on any atom is 0.0952 e. The molecule has 0 fully saturated rings. The van der Waals surface area contributed by atoms with E-state index < -0.39 is 0 Å². The lowest BCUT2D eigenvalue weighted by atomic mass is 10.0. The van der Waals surface area contributed by atoms with E-state index in [1.165, 1.54) is 30.7 Å². The number of aromatic nitrogens is 2. The average Bonchev–Trinajstić information content (AvgIpc) is 2.48. The van der Waals surface area contributed by atoms with E-state index >= 15 is 0 Å². The number of hydrogen-bond acceptors (Lipinski definition) is 2. The lowest BCUT2D eigenvalue weighted by molar-refractivity contribution is 0.550. The van der Waals surface area contributed by atoms with Crippen LogP contribution < -0.4 is 5.73 Å². The first-order valence-electron chi connectivity index (χ1n) is 5.06. The molecule has 0 unspecified atom stereocenters. The van der Waals surface area contributed by atoms with Gasteiger partial charge in [-0.1, -0.05) is 0 Å². The van der Waals surface area contributed by atoms with Crippen molar-refractivity contribution in [2.75, 3.05) is 0 Å². The molecule has 72 valence electrons. The Morgan fingerprint density at radius 2 is 2.31 bits per heavy atom. The van der Waals surface area contributed by atoms with E-state index in [9.17, 15) is 0 Å². The highest BCUT2D eigenvalue weighted by atomic mass is 15.1. The molecule has 3 nitrogen and oxygen atoms in total. The van der Waals surface area contributed by atoms with Gasteiger partial charge < -0.3 is 10.3 Å². The number of nitrogens with two attached hydrogens (primary N) is 1. The first-order chi connectivity index (χ1) is 6.27. The molecular formula is C10H17N3. The molecule has 0 spiro atoms. The Kier molecular flexibility index (Phi) is 2.36. The quantitative estimate of drug-likeness (QED) is 0.739. The van der Waals surface area contributed by atoms with Gasteiger partial charge in [0, 0.05) is 18.3 Å². The van der Waals surface area contributed by atoms with Gasteiger partial charge in [0.05, 0.1) is 12.0 Å². The number of aryl methyl sites for hydroxylation is 1. The number of hydrogen-bond donors (Lipinski definition) is 1. The summed E-state index contributed by atoms with van der Waals surface area (Å²) in [7, 11) is 0. The zero-order valence-corrected chi connectivity index (χ0v) is 8.16. The fraction of sp³-hybridized carbons (Fsp3) is 0.700. The summed E-state index contributed by atoms with van der Waals surface area (Å²) in [5, 5.41) is 0. The minimum atomic E-state index is 0.222. The summed E-state index contributed by atoms with van der Waals surface area (Å²) >= 11 is 0. The van der Waals surface area contributed by atoms with Crippen molar-refractivity contribution in [1.29, 1.82) is 0 Å². The van der Waals surface area contributed by atoms with Gasteiger partial charge >= 0.3 is 0 Å². The van der Waals surface area contributed by atoms with Gasteiger partial charge in [-0.2, -0.15) is 0 Å². The summed E-state index contributed by atoms with van der Waals surface area (Å²) in [5.41, 5.74) is 8.49. The number of fused-ring (bicyclic) bond motifs is 1. The summed E-state index contributed by atoms with van der Waals surface area (Å²) in [6.45, 7) is 2.94. The maximum atomic E-state index is 5.77. The van der Waals surface area contributed by atoms with Gasteiger partial charge in [0.1, 0.15) is 0 Å². The topological polar surface area (TPSA) is 43.8 Å². The zero-order chi connectivity index (χ0) is 9.26. The van der Waals surface area contributed by atoms with Crippen molar-refractivity contribution in [1.82, 2.24) is 9.55 Å². The molecule has 0 saturated heterocycles. The SMILES string of the molecule is C[C@H](N)Cn1cnc2c1CCCC2. The van der Waals surface area contributed by atoms with Crippen molar-refractivity contribution in [3.63, 3.8) is 0 Å². The van der Waals surface area contributed by atoms with E-state index in [-0.39, 0.29) is 6.04 Å². The second-order valence-electron chi connectivity index (χ2n) is 3.97. The van der Waals surface area contributed by atoms with Crippen LogP contribution in [0, 0.1) is 0 Å². The second kappa shape index (κ2) is 3.50. The third-order valence-corrected chi connectivity index (χ3v) is 2.59. The summed E-state index contributed by atoms with van der Waals surface area (Å²) < 4.78 is 2.22. The van der Waals surface area contributed by atoms with Gasteiger partial charge in [0.15, 0.2) is 0 Å². The van der Waals surface area contributed by atoms with Gasteiger partial charge in [0.25, 0.3) is 0 Å². The molecule has 0 bridgehead atoms. The number of rotatable bonds is 2.